The molecule has 0 fully saturated rings. The number of hydrogen-bond donors (Lipinski definition) is 2. The molecule has 1 amide bonds. The van der Waals surface area contributed by atoms with Gasteiger partial charge in [-0.05, 0) is 30.7 Å². The van der Waals surface area contributed by atoms with Crippen LogP contribution in [0.1, 0.15) is 12.1 Å². The topological polar surface area (TPSA) is 68.0 Å². The molecule has 0 spiro atoms. The molecular weight excluding hydrogens is 245 g/mol. The first-order chi connectivity index (χ1) is 9.19. The van der Waals surface area contributed by atoms with Gasteiger partial charge in [-0.25, -0.2) is 4.39 Å². The Morgan fingerprint density at radius 2 is 2.16 bits per heavy atom. The van der Waals surface area contributed by atoms with Crippen LogP contribution in [0.15, 0.2) is 30.3 Å². The second-order valence-electron chi connectivity index (χ2n) is 4.28. The van der Waals surface area contributed by atoms with Crippen molar-refractivity contribution in [1.29, 1.82) is 0 Å². The SMILES string of the molecule is NCCNC(=O)CCc1ccc2cc(F)ccc2n1. The quantitative estimate of drug-likeness (QED) is 0.854. The lowest BCUT2D eigenvalue weighted by atomic mass is 10.1. The summed E-state index contributed by atoms with van der Waals surface area (Å²) in [6.45, 7) is 0.925. The Kier molecular flexibility index (Phi) is 4.41. The summed E-state index contributed by atoms with van der Waals surface area (Å²) in [6.07, 6.45) is 0.934. The predicted molar refractivity (Wildman–Crippen MR) is 72.1 cm³/mol. The van der Waals surface area contributed by atoms with Gasteiger partial charge in [0.1, 0.15) is 5.82 Å². The maximum atomic E-state index is 13.0. The Hall–Kier alpha value is -2.01. The number of nitrogens with zero attached hydrogens (tertiary/aromatic N) is 1. The van der Waals surface area contributed by atoms with Gasteiger partial charge in [0.25, 0.3) is 0 Å². The molecule has 0 saturated heterocycles. The van der Waals surface area contributed by atoms with E-state index in [1.165, 1.54) is 12.1 Å². The molecule has 3 N–H and O–H groups in total. The highest BCUT2D eigenvalue weighted by molar-refractivity contribution is 5.79. The minimum Gasteiger partial charge on any atom is -0.355 e. The number of fused-ring (bicyclic) bond motifs is 1. The molecule has 0 aliphatic carbocycles. The molecule has 0 aliphatic rings. The van der Waals surface area contributed by atoms with Gasteiger partial charge >= 0.3 is 0 Å². The van der Waals surface area contributed by atoms with Crippen LogP contribution in [-0.4, -0.2) is 24.0 Å². The fourth-order valence-corrected chi connectivity index (χ4v) is 1.82. The number of rotatable bonds is 5. The third-order valence-electron chi connectivity index (χ3n) is 2.78. The second-order valence-corrected chi connectivity index (χ2v) is 4.28. The van der Waals surface area contributed by atoms with Gasteiger partial charge in [-0.1, -0.05) is 6.07 Å². The Labute approximate surface area is 110 Å². The van der Waals surface area contributed by atoms with E-state index in [1.54, 1.807) is 6.07 Å². The van der Waals surface area contributed by atoms with Crippen molar-refractivity contribution in [1.82, 2.24) is 10.3 Å². The van der Waals surface area contributed by atoms with Crippen LogP contribution >= 0.6 is 0 Å². The predicted octanol–water partition coefficient (Wildman–Crippen LogP) is 1.38. The van der Waals surface area contributed by atoms with E-state index in [0.717, 1.165) is 16.6 Å². The molecule has 1 aromatic heterocycles. The summed E-state index contributed by atoms with van der Waals surface area (Å²) in [6, 6.07) is 8.10. The molecule has 0 unspecified atom stereocenters. The van der Waals surface area contributed by atoms with Crippen molar-refractivity contribution in [3.05, 3.63) is 41.8 Å². The van der Waals surface area contributed by atoms with Crippen molar-refractivity contribution >= 4 is 16.8 Å². The zero-order chi connectivity index (χ0) is 13.7. The van der Waals surface area contributed by atoms with Crippen LogP contribution in [-0.2, 0) is 11.2 Å². The third kappa shape index (κ3) is 3.72. The number of pyridine rings is 1. The molecule has 19 heavy (non-hydrogen) atoms. The molecule has 0 radical (unpaired) electrons. The highest BCUT2D eigenvalue weighted by atomic mass is 19.1. The van der Waals surface area contributed by atoms with E-state index < -0.39 is 0 Å². The maximum absolute atomic E-state index is 13.0. The molecule has 1 heterocycles. The number of carbonyl (C=O) groups excluding carboxylic acids is 1. The fourth-order valence-electron chi connectivity index (χ4n) is 1.82. The van der Waals surface area contributed by atoms with Crippen molar-refractivity contribution in [2.45, 2.75) is 12.8 Å². The van der Waals surface area contributed by atoms with Crippen LogP contribution in [0.3, 0.4) is 0 Å². The van der Waals surface area contributed by atoms with Gasteiger partial charge in [0, 0.05) is 30.6 Å². The van der Waals surface area contributed by atoms with E-state index >= 15 is 0 Å². The van der Waals surface area contributed by atoms with Crippen molar-refractivity contribution in [3.63, 3.8) is 0 Å². The molecule has 0 saturated carbocycles. The highest BCUT2D eigenvalue weighted by Crippen LogP contribution is 2.14. The molecule has 5 heteroatoms. The number of aryl methyl sites for hydroxylation is 1. The van der Waals surface area contributed by atoms with E-state index in [-0.39, 0.29) is 11.7 Å². The van der Waals surface area contributed by atoms with E-state index in [9.17, 15) is 9.18 Å². The first kappa shape index (κ1) is 13.4. The lowest BCUT2D eigenvalue weighted by molar-refractivity contribution is -0.121. The number of nitrogens with two attached hydrogens (primary N) is 1. The lowest BCUT2D eigenvalue weighted by Gasteiger charge is -2.04. The van der Waals surface area contributed by atoms with Crippen molar-refractivity contribution in [2.24, 2.45) is 5.73 Å². The van der Waals surface area contributed by atoms with Gasteiger partial charge in [0.15, 0.2) is 0 Å². The standard InChI is InChI=1S/C14H16FN3O/c15-11-2-5-13-10(9-11)1-3-12(18-13)4-6-14(19)17-8-7-16/h1-3,5,9H,4,6-8,16H2,(H,17,19). The number of benzene rings is 1. The van der Waals surface area contributed by atoms with Crippen molar-refractivity contribution < 1.29 is 9.18 Å². The number of nitrogens with one attached hydrogen (secondary N) is 1. The summed E-state index contributed by atoms with van der Waals surface area (Å²) in [4.78, 5) is 15.8. The van der Waals surface area contributed by atoms with Crippen LogP contribution < -0.4 is 11.1 Å². The summed E-state index contributed by atoms with van der Waals surface area (Å²) in [5.41, 5.74) is 6.86. The maximum Gasteiger partial charge on any atom is 0.220 e. The van der Waals surface area contributed by atoms with Crippen LogP contribution in [0.5, 0.6) is 0 Å². The number of carbonyl (C=O) groups is 1. The Bertz CT molecular complexity index is 586. The molecule has 0 bridgehead atoms. The zero-order valence-corrected chi connectivity index (χ0v) is 10.5. The van der Waals surface area contributed by atoms with Crippen LogP contribution in [0.4, 0.5) is 4.39 Å². The van der Waals surface area contributed by atoms with Crippen molar-refractivity contribution in [2.75, 3.05) is 13.1 Å². The second kappa shape index (κ2) is 6.24. The van der Waals surface area contributed by atoms with E-state index in [2.05, 4.69) is 10.3 Å². The Balaban J connectivity index is 2.01. The number of halogens is 1. The van der Waals surface area contributed by atoms with Gasteiger partial charge in [0.05, 0.1) is 5.52 Å². The summed E-state index contributed by atoms with van der Waals surface area (Å²) < 4.78 is 13.0. The molecule has 1 aromatic carbocycles. The monoisotopic (exact) mass is 261 g/mol. The first-order valence-corrected chi connectivity index (χ1v) is 6.21. The average Bonchev–Trinajstić information content (AvgIpc) is 2.42. The number of hydrogen-bond acceptors (Lipinski definition) is 3. The van der Waals surface area contributed by atoms with Gasteiger partial charge in [-0.2, -0.15) is 0 Å². The third-order valence-corrected chi connectivity index (χ3v) is 2.78. The molecule has 100 valence electrons. The lowest BCUT2D eigenvalue weighted by Crippen LogP contribution is -2.29. The minimum absolute atomic E-state index is 0.0357. The number of aromatic nitrogens is 1. The van der Waals surface area contributed by atoms with Gasteiger partial charge in [0.2, 0.25) is 5.91 Å². The largest absolute Gasteiger partial charge is 0.355 e. The van der Waals surface area contributed by atoms with E-state index in [4.69, 9.17) is 5.73 Å². The summed E-state index contributed by atoms with van der Waals surface area (Å²) in [5, 5.41) is 3.47. The van der Waals surface area contributed by atoms with Crippen LogP contribution in [0.25, 0.3) is 10.9 Å². The van der Waals surface area contributed by atoms with Gasteiger partial charge in [-0.3, -0.25) is 9.78 Å². The van der Waals surface area contributed by atoms with Crippen molar-refractivity contribution in [3.8, 4) is 0 Å². The summed E-state index contributed by atoms with van der Waals surface area (Å²) in [7, 11) is 0. The molecule has 2 rings (SSSR count). The van der Waals surface area contributed by atoms with Gasteiger partial charge in [-0.15, -0.1) is 0 Å². The van der Waals surface area contributed by atoms with E-state index in [1.807, 2.05) is 12.1 Å². The minimum atomic E-state index is -0.275. The molecular formula is C14H16FN3O. The summed E-state index contributed by atoms with van der Waals surface area (Å²) >= 11 is 0. The fraction of sp³-hybridized carbons (Fsp3) is 0.286. The Morgan fingerprint density at radius 1 is 1.32 bits per heavy atom. The summed E-state index contributed by atoms with van der Waals surface area (Å²) in [5.74, 6) is -0.310. The van der Waals surface area contributed by atoms with Crippen LogP contribution in [0, 0.1) is 5.82 Å². The molecule has 0 aliphatic heterocycles. The van der Waals surface area contributed by atoms with Crippen LogP contribution in [0.2, 0.25) is 0 Å². The smallest absolute Gasteiger partial charge is 0.220 e. The molecule has 2 aromatic rings. The average molecular weight is 261 g/mol. The molecule has 4 nitrogen and oxygen atoms in total. The molecule has 0 atom stereocenters. The van der Waals surface area contributed by atoms with Gasteiger partial charge < -0.3 is 11.1 Å². The number of amides is 1. The highest BCUT2D eigenvalue weighted by Gasteiger charge is 2.04. The van der Waals surface area contributed by atoms with E-state index in [0.29, 0.717) is 25.9 Å². The normalized spacial score (nSPS) is 10.6. The zero-order valence-electron chi connectivity index (χ0n) is 10.5. The Morgan fingerprint density at radius 3 is 2.95 bits per heavy atom. The first-order valence-electron chi connectivity index (χ1n) is 6.21.